The van der Waals surface area contributed by atoms with Crippen LogP contribution >= 0.6 is 11.3 Å². The van der Waals surface area contributed by atoms with Crippen molar-refractivity contribution >= 4 is 33.1 Å². The summed E-state index contributed by atoms with van der Waals surface area (Å²) in [5.74, 6) is -0.859. The van der Waals surface area contributed by atoms with Crippen molar-refractivity contribution in [1.82, 2.24) is 19.7 Å². The molecular formula is C13H8N6O3S. The molecular weight excluding hydrogens is 320 g/mol. The van der Waals surface area contributed by atoms with E-state index in [4.69, 9.17) is 0 Å². The highest BCUT2D eigenvalue weighted by atomic mass is 32.1. The number of aliphatic hydroxyl groups excluding tert-OH is 1. The zero-order chi connectivity index (χ0) is 16.4. The fraction of sp³-hybridized carbons (Fsp3) is 0.0769. The molecule has 1 aromatic carbocycles. The molecule has 0 amide bonds. The molecule has 0 fully saturated rings. The molecule has 114 valence electrons. The van der Waals surface area contributed by atoms with Crippen molar-refractivity contribution in [2.75, 3.05) is 0 Å². The third-order valence-corrected chi connectivity index (χ3v) is 3.96. The van der Waals surface area contributed by atoms with Gasteiger partial charge in [-0.25, -0.2) is 4.98 Å². The van der Waals surface area contributed by atoms with E-state index in [2.05, 4.69) is 15.1 Å². The van der Waals surface area contributed by atoms with E-state index in [1.54, 1.807) is 0 Å². The minimum Gasteiger partial charge on any atom is -0.509 e. The lowest BCUT2D eigenvalue weighted by Gasteiger charge is -1.99. The molecule has 0 atom stereocenters. The van der Waals surface area contributed by atoms with Crippen LogP contribution in [0.1, 0.15) is 5.01 Å². The van der Waals surface area contributed by atoms with Crippen molar-refractivity contribution in [1.29, 1.82) is 5.26 Å². The summed E-state index contributed by atoms with van der Waals surface area (Å²) < 4.78 is 1.97. The zero-order valence-corrected chi connectivity index (χ0v) is 12.3. The molecule has 0 aliphatic rings. The van der Waals surface area contributed by atoms with Crippen molar-refractivity contribution in [3.05, 3.63) is 51.5 Å². The van der Waals surface area contributed by atoms with Gasteiger partial charge in [0.25, 0.3) is 0 Å². The molecule has 0 bridgehead atoms. The smallest absolute Gasteiger partial charge is 0.490 e. The Kier molecular flexibility index (Phi) is 3.70. The summed E-state index contributed by atoms with van der Waals surface area (Å²) in [5, 5.41) is 34.0. The van der Waals surface area contributed by atoms with Crippen LogP contribution in [0.5, 0.6) is 0 Å². The second-order valence-electron chi connectivity index (χ2n) is 4.42. The molecule has 0 saturated heterocycles. The molecule has 1 N–H and O–H groups in total. The lowest BCUT2D eigenvalue weighted by atomic mass is 10.2. The summed E-state index contributed by atoms with van der Waals surface area (Å²) in [6.45, 7) is -0.209. The Morgan fingerprint density at radius 3 is 2.91 bits per heavy atom. The third kappa shape index (κ3) is 2.85. The van der Waals surface area contributed by atoms with Crippen LogP contribution in [0.15, 0.2) is 36.4 Å². The number of thiazole rings is 1. The van der Waals surface area contributed by atoms with Gasteiger partial charge in [-0.3, -0.25) is 0 Å². The van der Waals surface area contributed by atoms with Crippen molar-refractivity contribution < 1.29 is 10.0 Å². The fourth-order valence-corrected chi connectivity index (χ4v) is 2.87. The fourth-order valence-electron chi connectivity index (χ4n) is 1.89. The van der Waals surface area contributed by atoms with Gasteiger partial charge >= 0.3 is 5.95 Å². The molecule has 2 aromatic heterocycles. The quantitative estimate of drug-likeness (QED) is 0.336. The molecule has 0 unspecified atom stereocenters. The van der Waals surface area contributed by atoms with E-state index < -0.39 is 10.9 Å². The van der Waals surface area contributed by atoms with E-state index in [1.807, 2.05) is 30.3 Å². The molecule has 23 heavy (non-hydrogen) atoms. The van der Waals surface area contributed by atoms with Crippen molar-refractivity contribution in [3.8, 4) is 6.07 Å². The minimum absolute atomic E-state index is 0.00403. The molecule has 9 nitrogen and oxygen atoms in total. The predicted molar refractivity (Wildman–Crippen MR) is 81.5 cm³/mol. The van der Waals surface area contributed by atoms with Crippen molar-refractivity contribution in [2.24, 2.45) is 0 Å². The number of aliphatic hydroxyl groups is 1. The third-order valence-electron chi connectivity index (χ3n) is 2.91. The highest BCUT2D eigenvalue weighted by molar-refractivity contribution is 7.19. The molecule has 3 aromatic rings. The highest BCUT2D eigenvalue weighted by Crippen LogP contribution is 2.28. The molecule has 0 aliphatic carbocycles. The van der Waals surface area contributed by atoms with Gasteiger partial charge in [0.15, 0.2) is 0 Å². The monoisotopic (exact) mass is 328 g/mol. The highest BCUT2D eigenvalue weighted by Gasteiger charge is 2.18. The molecule has 0 spiro atoms. The van der Waals surface area contributed by atoms with Crippen LogP contribution in [-0.4, -0.2) is 29.8 Å². The topological polar surface area (TPSA) is 131 Å². The maximum Gasteiger partial charge on any atom is 0.490 e. The van der Waals surface area contributed by atoms with Crippen LogP contribution in [0.4, 0.5) is 5.95 Å². The number of nitrogens with zero attached hydrogens (tertiary/aromatic N) is 6. The number of benzene rings is 1. The first-order valence-corrected chi connectivity index (χ1v) is 7.12. The second-order valence-corrected chi connectivity index (χ2v) is 5.45. The van der Waals surface area contributed by atoms with Gasteiger partial charge in [-0.15, -0.1) is 11.3 Å². The Balaban J connectivity index is 1.95. The average molecular weight is 328 g/mol. The zero-order valence-electron chi connectivity index (χ0n) is 11.4. The molecule has 0 aliphatic heterocycles. The van der Waals surface area contributed by atoms with Gasteiger partial charge in [-0.2, -0.15) is 9.94 Å². The first-order valence-electron chi connectivity index (χ1n) is 6.30. The van der Waals surface area contributed by atoms with E-state index in [-0.39, 0.29) is 17.9 Å². The number of hydrogen-bond donors (Lipinski definition) is 1. The maximum absolute atomic E-state index is 10.5. The number of nitriles is 1. The molecule has 10 heteroatoms. The number of para-hydroxylation sites is 1. The van der Waals surface area contributed by atoms with E-state index >= 15 is 0 Å². The number of fused-ring (bicyclic) bond motifs is 1. The van der Waals surface area contributed by atoms with Gasteiger partial charge in [0.05, 0.1) is 10.2 Å². The van der Waals surface area contributed by atoms with E-state index in [0.717, 1.165) is 21.2 Å². The Morgan fingerprint density at radius 1 is 1.48 bits per heavy atom. The lowest BCUT2D eigenvalue weighted by molar-refractivity contribution is -0.394. The SMILES string of the molecule is N#C/C(=C(\O)Cn1cnc([N+](=O)[O-])n1)c1nc2ccccc2s1. The van der Waals surface area contributed by atoms with Crippen LogP contribution < -0.4 is 0 Å². The van der Waals surface area contributed by atoms with Gasteiger partial charge in [0.1, 0.15) is 29.0 Å². The van der Waals surface area contributed by atoms with E-state index in [0.29, 0.717) is 5.01 Å². The summed E-state index contributed by atoms with van der Waals surface area (Å²) in [5.41, 5.74) is 0.730. The Bertz CT molecular complexity index is 934. The standard InChI is InChI=1S/C13H8N6O3S/c14-5-8(12-16-9-3-1-2-4-11(9)23-12)10(20)6-18-7-15-13(17-18)19(21)22/h1-4,7,20H,6H2/b10-8+. The Hall–Kier alpha value is -3.32. The summed E-state index contributed by atoms with van der Waals surface area (Å²) >= 11 is 1.27. The summed E-state index contributed by atoms with van der Waals surface area (Å²) in [4.78, 5) is 17.6. The van der Waals surface area contributed by atoms with Crippen LogP contribution in [0.3, 0.4) is 0 Å². The van der Waals surface area contributed by atoms with Crippen molar-refractivity contribution in [3.63, 3.8) is 0 Å². The first kappa shape index (κ1) is 14.6. The minimum atomic E-state index is -0.740. The van der Waals surface area contributed by atoms with Gasteiger partial charge in [0, 0.05) is 5.10 Å². The maximum atomic E-state index is 10.5. The largest absolute Gasteiger partial charge is 0.509 e. The van der Waals surface area contributed by atoms with Crippen LogP contribution in [0.25, 0.3) is 15.8 Å². The number of allylic oxidation sites excluding steroid dienone is 2. The lowest BCUT2D eigenvalue weighted by Crippen LogP contribution is -2.04. The number of aromatic nitrogens is 4. The Labute approximate surface area is 132 Å². The van der Waals surface area contributed by atoms with E-state index in [1.165, 1.54) is 11.3 Å². The van der Waals surface area contributed by atoms with Gasteiger partial charge in [0.2, 0.25) is 6.33 Å². The Morgan fingerprint density at radius 2 is 2.26 bits per heavy atom. The van der Waals surface area contributed by atoms with Gasteiger partial charge < -0.3 is 15.2 Å². The summed E-state index contributed by atoms with van der Waals surface area (Å²) in [7, 11) is 0. The molecule has 0 saturated carbocycles. The summed E-state index contributed by atoms with van der Waals surface area (Å²) in [6.07, 6.45) is 1.11. The van der Waals surface area contributed by atoms with Gasteiger partial charge in [-0.05, 0) is 17.1 Å². The number of nitro groups is 1. The van der Waals surface area contributed by atoms with Crippen LogP contribution in [-0.2, 0) is 6.54 Å². The van der Waals surface area contributed by atoms with Crippen LogP contribution in [0, 0.1) is 21.4 Å². The average Bonchev–Trinajstić information content (AvgIpc) is 3.14. The molecule has 3 rings (SSSR count). The van der Waals surface area contributed by atoms with Crippen molar-refractivity contribution in [2.45, 2.75) is 6.54 Å². The normalized spacial score (nSPS) is 12.0. The van der Waals surface area contributed by atoms with Gasteiger partial charge in [-0.1, -0.05) is 17.1 Å². The molecule has 2 heterocycles. The number of hydrogen-bond acceptors (Lipinski definition) is 8. The van der Waals surface area contributed by atoms with E-state index in [9.17, 15) is 20.5 Å². The summed E-state index contributed by atoms with van der Waals surface area (Å²) in [6, 6.07) is 9.27. The first-order chi connectivity index (χ1) is 11.1. The number of rotatable bonds is 4. The second kappa shape index (κ2) is 5.82. The van der Waals surface area contributed by atoms with Crippen LogP contribution in [0.2, 0.25) is 0 Å². The predicted octanol–water partition coefficient (Wildman–Crippen LogP) is 2.29. The molecule has 0 radical (unpaired) electrons.